The summed E-state index contributed by atoms with van der Waals surface area (Å²) in [6.45, 7) is 8.83. The molecule has 0 bridgehead atoms. The van der Waals surface area contributed by atoms with Crippen LogP contribution in [0.4, 0.5) is 0 Å². The summed E-state index contributed by atoms with van der Waals surface area (Å²) < 4.78 is 10.9. The zero-order chi connectivity index (χ0) is 15.7. The van der Waals surface area contributed by atoms with E-state index in [0.29, 0.717) is 6.04 Å². The van der Waals surface area contributed by atoms with E-state index in [1.54, 1.807) is 14.2 Å². The van der Waals surface area contributed by atoms with Gasteiger partial charge in [0.05, 0.1) is 14.2 Å². The van der Waals surface area contributed by atoms with Gasteiger partial charge in [0.25, 0.3) is 0 Å². The molecule has 1 aromatic rings. The molecule has 3 rings (SSSR count). The normalized spacial score (nSPS) is 28.5. The van der Waals surface area contributed by atoms with E-state index in [2.05, 4.69) is 36.6 Å². The van der Waals surface area contributed by atoms with Crippen molar-refractivity contribution in [3.8, 4) is 11.5 Å². The van der Waals surface area contributed by atoms with Crippen molar-refractivity contribution < 1.29 is 9.47 Å². The summed E-state index contributed by atoms with van der Waals surface area (Å²) in [6.07, 6.45) is 4.70. The largest absolute Gasteiger partial charge is 0.493 e. The number of likely N-dealkylation sites (tertiary alicyclic amines) is 1. The number of benzene rings is 1. The number of ether oxygens (including phenoxy) is 2. The number of likely N-dealkylation sites (N-methyl/N-ethyl adjacent to an activating group) is 1. The highest BCUT2D eigenvalue weighted by molar-refractivity contribution is 5.47. The smallest absolute Gasteiger partial charge is 0.161 e. The summed E-state index contributed by atoms with van der Waals surface area (Å²) in [4.78, 5) is 2.63. The third-order valence-corrected chi connectivity index (χ3v) is 5.70. The molecule has 0 N–H and O–H groups in total. The van der Waals surface area contributed by atoms with Crippen molar-refractivity contribution in [2.75, 3.05) is 27.3 Å². The molecular weight excluding hydrogens is 274 g/mol. The molecule has 0 radical (unpaired) electrons. The highest BCUT2D eigenvalue weighted by Crippen LogP contribution is 2.51. The van der Waals surface area contributed by atoms with Crippen molar-refractivity contribution in [3.05, 3.63) is 35.9 Å². The number of methoxy groups -OCH3 is 2. The summed E-state index contributed by atoms with van der Waals surface area (Å²) in [5.74, 6) is 1.65. The van der Waals surface area contributed by atoms with E-state index in [-0.39, 0.29) is 5.41 Å². The summed E-state index contributed by atoms with van der Waals surface area (Å²) in [5.41, 5.74) is 3.05. The van der Waals surface area contributed by atoms with E-state index in [0.717, 1.165) is 30.9 Å². The van der Waals surface area contributed by atoms with E-state index in [1.165, 1.54) is 30.5 Å². The number of fused-ring (bicyclic) bond motifs is 1. The molecule has 2 fully saturated rings. The van der Waals surface area contributed by atoms with Crippen LogP contribution in [-0.2, 0) is 5.41 Å². The van der Waals surface area contributed by atoms with Gasteiger partial charge in [0.1, 0.15) is 0 Å². The Labute approximate surface area is 133 Å². The summed E-state index contributed by atoms with van der Waals surface area (Å²) >= 11 is 0. The molecule has 120 valence electrons. The van der Waals surface area contributed by atoms with Gasteiger partial charge in [-0.15, -0.1) is 0 Å². The van der Waals surface area contributed by atoms with Crippen LogP contribution in [0.3, 0.4) is 0 Å². The van der Waals surface area contributed by atoms with Crippen molar-refractivity contribution in [3.63, 3.8) is 0 Å². The molecule has 3 heteroatoms. The van der Waals surface area contributed by atoms with Gasteiger partial charge in [0.2, 0.25) is 0 Å². The fourth-order valence-corrected chi connectivity index (χ4v) is 4.41. The first-order valence-electron chi connectivity index (χ1n) is 8.28. The van der Waals surface area contributed by atoms with E-state index in [1.807, 2.05) is 0 Å². The zero-order valence-electron chi connectivity index (χ0n) is 14.0. The first-order valence-corrected chi connectivity index (χ1v) is 8.28. The van der Waals surface area contributed by atoms with Crippen molar-refractivity contribution in [2.45, 2.75) is 44.1 Å². The molecule has 1 saturated heterocycles. The van der Waals surface area contributed by atoms with Gasteiger partial charge in [0.15, 0.2) is 11.5 Å². The second-order valence-corrected chi connectivity index (χ2v) is 6.57. The van der Waals surface area contributed by atoms with Crippen LogP contribution in [0, 0.1) is 0 Å². The molecule has 0 aromatic heterocycles. The molecule has 1 aliphatic heterocycles. The first kappa shape index (κ1) is 15.4. The standard InChI is InChI=1S/C19H27NO2/c1-5-20-11-10-19(9-8-14(2)12-18(19)20)15-6-7-16(21-3)17(13-15)22-4/h6-7,13,18H,2,5,8-12H2,1,3-4H3/t18-,19-/m0/s1. The Morgan fingerprint density at radius 3 is 2.68 bits per heavy atom. The Kier molecular flexibility index (Phi) is 4.18. The quantitative estimate of drug-likeness (QED) is 0.790. The number of hydrogen-bond donors (Lipinski definition) is 0. The number of hydrogen-bond acceptors (Lipinski definition) is 3. The van der Waals surface area contributed by atoms with E-state index in [4.69, 9.17) is 9.47 Å². The minimum absolute atomic E-state index is 0.247. The van der Waals surface area contributed by atoms with Gasteiger partial charge in [-0.2, -0.15) is 0 Å². The predicted molar refractivity (Wildman–Crippen MR) is 89.9 cm³/mol. The molecule has 0 amide bonds. The summed E-state index contributed by atoms with van der Waals surface area (Å²) in [5, 5.41) is 0. The molecule has 0 unspecified atom stereocenters. The average Bonchev–Trinajstić information content (AvgIpc) is 2.93. The minimum Gasteiger partial charge on any atom is -0.493 e. The fraction of sp³-hybridized carbons (Fsp3) is 0.579. The van der Waals surface area contributed by atoms with Crippen molar-refractivity contribution in [1.29, 1.82) is 0 Å². The van der Waals surface area contributed by atoms with Gasteiger partial charge in [-0.3, -0.25) is 4.90 Å². The maximum atomic E-state index is 5.53. The molecule has 1 aliphatic carbocycles. The van der Waals surface area contributed by atoms with Gasteiger partial charge >= 0.3 is 0 Å². The van der Waals surface area contributed by atoms with Gasteiger partial charge in [-0.25, -0.2) is 0 Å². The summed E-state index contributed by atoms with van der Waals surface area (Å²) in [6, 6.07) is 7.07. The lowest BCUT2D eigenvalue weighted by atomic mass is 9.65. The Morgan fingerprint density at radius 2 is 2.00 bits per heavy atom. The molecule has 0 spiro atoms. The molecule has 2 atom stereocenters. The highest BCUT2D eigenvalue weighted by Gasteiger charge is 2.49. The SMILES string of the molecule is C=C1CC[C@@]2(c3ccc(OC)c(OC)c3)CCN(CC)[C@H]2C1. The van der Waals surface area contributed by atoms with Crippen molar-refractivity contribution >= 4 is 0 Å². The number of nitrogens with zero attached hydrogens (tertiary/aromatic N) is 1. The third kappa shape index (κ3) is 2.32. The highest BCUT2D eigenvalue weighted by atomic mass is 16.5. The van der Waals surface area contributed by atoms with Crippen LogP contribution in [0.15, 0.2) is 30.4 Å². The Hall–Kier alpha value is -1.48. The maximum Gasteiger partial charge on any atom is 0.161 e. The van der Waals surface area contributed by atoms with Gasteiger partial charge in [0, 0.05) is 11.5 Å². The molecule has 3 nitrogen and oxygen atoms in total. The van der Waals surface area contributed by atoms with Crippen LogP contribution in [0.5, 0.6) is 11.5 Å². The van der Waals surface area contributed by atoms with Crippen LogP contribution in [0.1, 0.15) is 38.2 Å². The lowest BCUT2D eigenvalue weighted by Gasteiger charge is -2.43. The molecule has 2 aliphatic rings. The van der Waals surface area contributed by atoms with Crippen LogP contribution in [0.25, 0.3) is 0 Å². The minimum atomic E-state index is 0.247. The Morgan fingerprint density at radius 1 is 1.23 bits per heavy atom. The van der Waals surface area contributed by atoms with Gasteiger partial charge in [-0.05, 0) is 56.5 Å². The first-order chi connectivity index (χ1) is 10.6. The van der Waals surface area contributed by atoms with Gasteiger partial charge < -0.3 is 9.47 Å². The van der Waals surface area contributed by atoms with Crippen molar-refractivity contribution in [1.82, 2.24) is 4.90 Å². The topological polar surface area (TPSA) is 21.7 Å². The molecule has 22 heavy (non-hydrogen) atoms. The molecule has 1 saturated carbocycles. The number of rotatable bonds is 4. The molecule has 1 aromatic carbocycles. The van der Waals surface area contributed by atoms with Crippen LogP contribution < -0.4 is 9.47 Å². The Balaban J connectivity index is 2.02. The van der Waals surface area contributed by atoms with E-state index < -0.39 is 0 Å². The second kappa shape index (κ2) is 5.96. The lowest BCUT2D eigenvalue weighted by molar-refractivity contribution is 0.186. The van der Waals surface area contributed by atoms with Crippen LogP contribution in [-0.4, -0.2) is 38.3 Å². The lowest BCUT2D eigenvalue weighted by Crippen LogP contribution is -2.45. The van der Waals surface area contributed by atoms with Crippen LogP contribution >= 0.6 is 0 Å². The van der Waals surface area contributed by atoms with Gasteiger partial charge in [-0.1, -0.05) is 25.1 Å². The Bertz CT molecular complexity index is 569. The predicted octanol–water partition coefficient (Wildman–Crippen LogP) is 3.78. The van der Waals surface area contributed by atoms with Crippen molar-refractivity contribution in [2.24, 2.45) is 0 Å². The average molecular weight is 301 g/mol. The van der Waals surface area contributed by atoms with Crippen LogP contribution in [0.2, 0.25) is 0 Å². The third-order valence-electron chi connectivity index (χ3n) is 5.70. The maximum absolute atomic E-state index is 5.53. The fourth-order valence-electron chi connectivity index (χ4n) is 4.41. The zero-order valence-corrected chi connectivity index (χ0v) is 14.0. The molecular formula is C19H27NO2. The second-order valence-electron chi connectivity index (χ2n) is 6.57. The summed E-state index contributed by atoms with van der Waals surface area (Å²) in [7, 11) is 3.41. The molecule has 1 heterocycles. The van der Waals surface area contributed by atoms with E-state index >= 15 is 0 Å². The monoisotopic (exact) mass is 301 g/mol. The van der Waals surface area contributed by atoms with E-state index in [9.17, 15) is 0 Å².